The maximum Gasteiger partial charge on any atom is 0.317 e. The Labute approximate surface area is 155 Å². The van der Waals surface area contributed by atoms with Crippen LogP contribution in [0, 0.1) is 0 Å². The summed E-state index contributed by atoms with van der Waals surface area (Å²) in [5, 5.41) is 7.58. The molecule has 0 bridgehead atoms. The van der Waals surface area contributed by atoms with Crippen LogP contribution >= 0.6 is 0 Å². The van der Waals surface area contributed by atoms with Gasteiger partial charge in [0.05, 0.1) is 17.5 Å². The highest BCUT2D eigenvalue weighted by atomic mass is 16.5. The highest BCUT2D eigenvalue weighted by Gasteiger charge is 2.12. The number of carbonyl (C=O) groups is 1. The predicted octanol–water partition coefficient (Wildman–Crippen LogP) is 3.74. The van der Waals surface area contributed by atoms with Crippen molar-refractivity contribution in [3.63, 3.8) is 0 Å². The summed E-state index contributed by atoms with van der Waals surface area (Å²) in [6, 6.07) is 24.4. The van der Waals surface area contributed by atoms with Crippen LogP contribution in [-0.2, 0) is 11.2 Å². The average Bonchev–Trinajstić information content (AvgIpc) is 2.71. The van der Waals surface area contributed by atoms with Gasteiger partial charge in [0.2, 0.25) is 0 Å². The Morgan fingerprint density at radius 2 is 1.44 bits per heavy atom. The average molecular weight is 356 g/mol. The molecule has 0 unspecified atom stereocenters. The number of benzene rings is 3. The van der Waals surface area contributed by atoms with Crippen molar-refractivity contribution in [3.05, 3.63) is 94.9 Å². The molecule has 1 aromatic heterocycles. The summed E-state index contributed by atoms with van der Waals surface area (Å²) in [5.41, 5.74) is 2.35. The Morgan fingerprint density at radius 1 is 0.815 bits per heavy atom. The molecule has 0 saturated heterocycles. The van der Waals surface area contributed by atoms with Gasteiger partial charge < -0.3 is 4.74 Å². The molecule has 0 atom stereocenters. The zero-order chi connectivity index (χ0) is 18.6. The minimum absolute atomic E-state index is 0.0300. The van der Waals surface area contributed by atoms with E-state index >= 15 is 0 Å². The number of nitrogens with one attached hydrogen (secondary N) is 1. The van der Waals surface area contributed by atoms with Crippen molar-refractivity contribution in [2.75, 3.05) is 0 Å². The molecule has 0 aliphatic rings. The lowest BCUT2D eigenvalue weighted by molar-refractivity contribution is -0.133. The van der Waals surface area contributed by atoms with Crippen molar-refractivity contribution < 1.29 is 9.53 Å². The number of rotatable bonds is 4. The lowest BCUT2D eigenvalue weighted by atomic mass is 10.1. The van der Waals surface area contributed by atoms with Gasteiger partial charge in [0.15, 0.2) is 0 Å². The first-order chi connectivity index (χ1) is 13.2. The first-order valence-electron chi connectivity index (χ1n) is 8.53. The largest absolute Gasteiger partial charge is 0.426 e. The van der Waals surface area contributed by atoms with E-state index in [0.29, 0.717) is 22.2 Å². The Bertz CT molecular complexity index is 1150. The summed E-state index contributed by atoms with van der Waals surface area (Å²) in [6.07, 6.45) is -0.0300. The van der Waals surface area contributed by atoms with Crippen LogP contribution in [0.2, 0.25) is 0 Å². The van der Waals surface area contributed by atoms with Gasteiger partial charge in [-0.2, -0.15) is 5.10 Å². The van der Waals surface area contributed by atoms with E-state index in [1.54, 1.807) is 36.4 Å². The molecule has 27 heavy (non-hydrogen) atoms. The first-order valence-corrected chi connectivity index (χ1v) is 8.53. The molecular weight excluding hydrogens is 340 g/mol. The molecule has 0 aliphatic carbocycles. The van der Waals surface area contributed by atoms with Gasteiger partial charge in [-0.25, -0.2) is 5.10 Å². The Balaban J connectivity index is 1.50. The smallest absolute Gasteiger partial charge is 0.317 e. The van der Waals surface area contributed by atoms with Crippen LogP contribution in [-0.4, -0.2) is 16.2 Å². The van der Waals surface area contributed by atoms with Crippen LogP contribution in [0.4, 0.5) is 0 Å². The molecule has 0 amide bonds. The standard InChI is InChI=1S/C22H16N2O3/c25-21(14-20-18-8-4-5-9-19(18)22(26)24-23-20)27-17-12-10-16(11-13-17)15-6-2-1-3-7-15/h1-13H,14H2,(H,24,26). The van der Waals surface area contributed by atoms with Crippen molar-refractivity contribution in [2.45, 2.75) is 6.42 Å². The fourth-order valence-corrected chi connectivity index (χ4v) is 2.96. The number of aromatic amines is 1. The summed E-state index contributed by atoms with van der Waals surface area (Å²) in [5.74, 6) is 0.0283. The van der Waals surface area contributed by atoms with Gasteiger partial charge in [-0.1, -0.05) is 60.7 Å². The topological polar surface area (TPSA) is 72.0 Å². The second-order valence-corrected chi connectivity index (χ2v) is 6.09. The number of carbonyl (C=O) groups excluding carboxylic acids is 1. The minimum Gasteiger partial charge on any atom is -0.426 e. The molecule has 4 rings (SSSR count). The van der Waals surface area contributed by atoms with E-state index in [0.717, 1.165) is 11.1 Å². The fourth-order valence-electron chi connectivity index (χ4n) is 2.96. The normalized spacial score (nSPS) is 10.7. The van der Waals surface area contributed by atoms with E-state index in [1.165, 1.54) is 0 Å². The van der Waals surface area contributed by atoms with Gasteiger partial charge in [-0.3, -0.25) is 9.59 Å². The third-order valence-corrected chi connectivity index (χ3v) is 4.28. The predicted molar refractivity (Wildman–Crippen MR) is 104 cm³/mol. The molecule has 5 nitrogen and oxygen atoms in total. The summed E-state index contributed by atoms with van der Waals surface area (Å²) in [6.45, 7) is 0. The summed E-state index contributed by atoms with van der Waals surface area (Å²) >= 11 is 0. The number of H-pyrrole nitrogens is 1. The van der Waals surface area contributed by atoms with Crippen molar-refractivity contribution in [1.82, 2.24) is 10.2 Å². The highest BCUT2D eigenvalue weighted by Crippen LogP contribution is 2.22. The van der Waals surface area contributed by atoms with Gasteiger partial charge in [-0.15, -0.1) is 0 Å². The second-order valence-electron chi connectivity index (χ2n) is 6.09. The Kier molecular flexibility index (Phi) is 4.49. The number of ether oxygens (including phenoxy) is 1. The van der Waals surface area contributed by atoms with E-state index in [4.69, 9.17) is 4.74 Å². The maximum absolute atomic E-state index is 12.3. The van der Waals surface area contributed by atoms with Gasteiger partial charge in [-0.05, 0) is 29.3 Å². The quantitative estimate of drug-likeness (QED) is 0.447. The van der Waals surface area contributed by atoms with Crippen LogP contribution in [0.15, 0.2) is 83.7 Å². The maximum atomic E-state index is 12.3. The van der Waals surface area contributed by atoms with Gasteiger partial charge >= 0.3 is 5.97 Å². The number of esters is 1. The van der Waals surface area contributed by atoms with Crippen LogP contribution in [0.25, 0.3) is 21.9 Å². The molecule has 1 N–H and O–H groups in total. The van der Waals surface area contributed by atoms with Crippen LogP contribution in [0.1, 0.15) is 5.69 Å². The fraction of sp³-hybridized carbons (Fsp3) is 0.0455. The third-order valence-electron chi connectivity index (χ3n) is 4.28. The molecule has 0 saturated carbocycles. The minimum atomic E-state index is -0.438. The van der Waals surface area contributed by atoms with E-state index in [2.05, 4.69) is 10.2 Å². The van der Waals surface area contributed by atoms with Crippen molar-refractivity contribution >= 4 is 16.7 Å². The van der Waals surface area contributed by atoms with Crippen molar-refractivity contribution in [2.24, 2.45) is 0 Å². The number of aromatic nitrogens is 2. The Hall–Kier alpha value is -3.73. The monoisotopic (exact) mass is 356 g/mol. The van der Waals surface area contributed by atoms with Crippen LogP contribution < -0.4 is 10.3 Å². The number of fused-ring (bicyclic) bond motifs is 1. The summed E-state index contributed by atoms with van der Waals surface area (Å²) in [7, 11) is 0. The lowest BCUT2D eigenvalue weighted by Crippen LogP contribution is -2.16. The van der Waals surface area contributed by atoms with Crippen molar-refractivity contribution in [3.8, 4) is 16.9 Å². The SMILES string of the molecule is O=C(Cc1n[nH]c(=O)c2ccccc12)Oc1ccc(-c2ccccc2)cc1. The van der Waals surface area contributed by atoms with Crippen molar-refractivity contribution in [1.29, 1.82) is 0 Å². The molecule has 0 radical (unpaired) electrons. The highest BCUT2D eigenvalue weighted by molar-refractivity contribution is 5.87. The van der Waals surface area contributed by atoms with Gasteiger partial charge in [0.25, 0.3) is 5.56 Å². The molecule has 5 heteroatoms. The molecule has 0 spiro atoms. The van der Waals surface area contributed by atoms with E-state index < -0.39 is 5.97 Å². The van der Waals surface area contributed by atoms with E-state index in [-0.39, 0.29) is 12.0 Å². The Morgan fingerprint density at radius 3 is 2.19 bits per heavy atom. The van der Waals surface area contributed by atoms with E-state index in [9.17, 15) is 9.59 Å². The third kappa shape index (κ3) is 3.62. The second kappa shape index (κ2) is 7.25. The van der Waals surface area contributed by atoms with E-state index in [1.807, 2.05) is 42.5 Å². The summed E-state index contributed by atoms with van der Waals surface area (Å²) < 4.78 is 5.42. The van der Waals surface area contributed by atoms with Crippen LogP contribution in [0.5, 0.6) is 5.75 Å². The number of hydrogen-bond acceptors (Lipinski definition) is 4. The lowest BCUT2D eigenvalue weighted by Gasteiger charge is -2.07. The van der Waals surface area contributed by atoms with Crippen LogP contribution in [0.3, 0.4) is 0 Å². The molecule has 0 fully saturated rings. The van der Waals surface area contributed by atoms with Gasteiger partial charge in [0.1, 0.15) is 5.75 Å². The number of nitrogens with zero attached hydrogens (tertiary/aromatic N) is 1. The molecule has 132 valence electrons. The molecule has 4 aromatic rings. The summed E-state index contributed by atoms with van der Waals surface area (Å²) in [4.78, 5) is 24.1. The zero-order valence-corrected chi connectivity index (χ0v) is 14.4. The molecular formula is C22H16N2O3. The molecule has 3 aromatic carbocycles. The van der Waals surface area contributed by atoms with Gasteiger partial charge in [0, 0.05) is 5.39 Å². The zero-order valence-electron chi connectivity index (χ0n) is 14.4. The molecule has 1 heterocycles. The first kappa shape index (κ1) is 16.7. The number of hydrogen-bond donors (Lipinski definition) is 1. The molecule has 0 aliphatic heterocycles.